The second-order valence-electron chi connectivity index (χ2n) is 4.37. The molecule has 102 valence electrons. The molecular formula is C14H23FN2O. The van der Waals surface area contributed by atoms with E-state index < -0.39 is 0 Å². The van der Waals surface area contributed by atoms with Gasteiger partial charge in [-0.05, 0) is 44.4 Å². The van der Waals surface area contributed by atoms with E-state index in [1.54, 1.807) is 13.2 Å². The van der Waals surface area contributed by atoms with Gasteiger partial charge in [0, 0.05) is 19.8 Å². The molecule has 4 heteroatoms. The van der Waals surface area contributed by atoms with E-state index in [-0.39, 0.29) is 11.9 Å². The molecule has 0 fully saturated rings. The lowest BCUT2D eigenvalue weighted by atomic mass is 10.1. The highest BCUT2D eigenvalue weighted by molar-refractivity contribution is 5.09. The number of pyridine rings is 1. The van der Waals surface area contributed by atoms with Crippen LogP contribution in [0.2, 0.25) is 0 Å². The molecule has 1 atom stereocenters. The van der Waals surface area contributed by atoms with Crippen LogP contribution in [0.3, 0.4) is 0 Å². The first-order chi connectivity index (χ1) is 8.77. The summed E-state index contributed by atoms with van der Waals surface area (Å²) in [5, 5.41) is 3.46. The lowest BCUT2D eigenvalue weighted by Crippen LogP contribution is -2.22. The Labute approximate surface area is 109 Å². The average Bonchev–Trinajstić information content (AvgIpc) is 2.39. The second-order valence-corrected chi connectivity index (χ2v) is 4.37. The first kappa shape index (κ1) is 15.1. The Morgan fingerprint density at radius 1 is 1.33 bits per heavy atom. The molecule has 1 heterocycles. The third-order valence-electron chi connectivity index (χ3n) is 2.93. The van der Waals surface area contributed by atoms with Gasteiger partial charge in [0.1, 0.15) is 5.82 Å². The Bertz CT molecular complexity index is 316. The Morgan fingerprint density at radius 2 is 2.17 bits per heavy atom. The monoisotopic (exact) mass is 254 g/mol. The quantitative estimate of drug-likeness (QED) is 0.688. The lowest BCUT2D eigenvalue weighted by Gasteiger charge is -2.16. The number of nitrogens with one attached hydrogen (secondary N) is 1. The molecule has 0 radical (unpaired) electrons. The first-order valence-electron chi connectivity index (χ1n) is 6.61. The molecule has 18 heavy (non-hydrogen) atoms. The minimum absolute atomic E-state index is 0.216. The van der Waals surface area contributed by atoms with Crippen LogP contribution in [0.15, 0.2) is 18.3 Å². The summed E-state index contributed by atoms with van der Waals surface area (Å²) < 4.78 is 17.8. The Kier molecular flexibility index (Phi) is 7.53. The van der Waals surface area contributed by atoms with Gasteiger partial charge < -0.3 is 10.1 Å². The summed E-state index contributed by atoms with van der Waals surface area (Å²) >= 11 is 0. The third kappa shape index (κ3) is 5.56. The number of nitrogens with zero attached hydrogens (tertiary/aromatic N) is 1. The van der Waals surface area contributed by atoms with Crippen LogP contribution < -0.4 is 5.32 Å². The molecule has 1 unspecified atom stereocenters. The normalized spacial score (nSPS) is 12.6. The van der Waals surface area contributed by atoms with E-state index in [0.717, 1.165) is 44.5 Å². The van der Waals surface area contributed by atoms with E-state index in [2.05, 4.69) is 17.2 Å². The Balaban J connectivity index is 2.27. The van der Waals surface area contributed by atoms with Crippen LogP contribution in [-0.2, 0) is 4.74 Å². The molecule has 0 aromatic carbocycles. The Morgan fingerprint density at radius 3 is 2.78 bits per heavy atom. The van der Waals surface area contributed by atoms with Crippen molar-refractivity contribution >= 4 is 0 Å². The largest absolute Gasteiger partial charge is 0.385 e. The summed E-state index contributed by atoms with van der Waals surface area (Å²) in [5.74, 6) is -0.284. The van der Waals surface area contributed by atoms with Gasteiger partial charge in [-0.1, -0.05) is 6.92 Å². The van der Waals surface area contributed by atoms with Crippen molar-refractivity contribution in [3.05, 3.63) is 29.8 Å². The number of hydrogen-bond donors (Lipinski definition) is 1. The van der Waals surface area contributed by atoms with Gasteiger partial charge in [0.05, 0.1) is 11.9 Å². The van der Waals surface area contributed by atoms with Crippen molar-refractivity contribution in [3.63, 3.8) is 0 Å². The molecule has 0 aliphatic heterocycles. The minimum Gasteiger partial charge on any atom is -0.385 e. The zero-order valence-electron chi connectivity index (χ0n) is 11.3. The van der Waals surface area contributed by atoms with Crippen molar-refractivity contribution in [2.75, 3.05) is 20.3 Å². The fourth-order valence-corrected chi connectivity index (χ4v) is 1.88. The maximum Gasteiger partial charge on any atom is 0.141 e. The van der Waals surface area contributed by atoms with E-state index in [4.69, 9.17) is 4.74 Å². The van der Waals surface area contributed by atoms with Crippen LogP contribution in [0.5, 0.6) is 0 Å². The summed E-state index contributed by atoms with van der Waals surface area (Å²) in [6, 6.07) is 3.43. The van der Waals surface area contributed by atoms with Crippen LogP contribution in [-0.4, -0.2) is 25.2 Å². The fourth-order valence-electron chi connectivity index (χ4n) is 1.88. The summed E-state index contributed by atoms with van der Waals surface area (Å²) in [4.78, 5) is 4.12. The van der Waals surface area contributed by atoms with Gasteiger partial charge in [0.2, 0.25) is 0 Å². The summed E-state index contributed by atoms with van der Waals surface area (Å²) in [5.41, 5.74) is 0.913. The van der Waals surface area contributed by atoms with Crippen molar-refractivity contribution in [2.24, 2.45) is 0 Å². The minimum atomic E-state index is -0.284. The lowest BCUT2D eigenvalue weighted by molar-refractivity contribution is 0.192. The van der Waals surface area contributed by atoms with Crippen molar-refractivity contribution in [1.29, 1.82) is 0 Å². The number of halogens is 1. The summed E-state index contributed by atoms with van der Waals surface area (Å²) in [6.07, 6.45) is 5.62. The van der Waals surface area contributed by atoms with Gasteiger partial charge in [0.25, 0.3) is 0 Å². The molecular weight excluding hydrogens is 231 g/mol. The first-order valence-corrected chi connectivity index (χ1v) is 6.61. The highest BCUT2D eigenvalue weighted by atomic mass is 19.1. The van der Waals surface area contributed by atoms with Crippen LogP contribution in [0, 0.1) is 5.82 Å². The molecule has 0 aliphatic rings. The zero-order chi connectivity index (χ0) is 13.2. The van der Waals surface area contributed by atoms with Crippen molar-refractivity contribution < 1.29 is 9.13 Å². The number of hydrogen-bond acceptors (Lipinski definition) is 3. The number of unbranched alkanes of at least 4 members (excludes halogenated alkanes) is 2. The number of aromatic nitrogens is 1. The third-order valence-corrected chi connectivity index (χ3v) is 2.93. The average molecular weight is 254 g/mol. The molecule has 1 aromatic rings. The SMILES string of the molecule is CCC(NCCCCCOC)c1ccc(F)cn1. The molecule has 1 aromatic heterocycles. The van der Waals surface area contributed by atoms with Crippen LogP contribution in [0.25, 0.3) is 0 Å². The predicted octanol–water partition coefficient (Wildman–Crippen LogP) is 3.08. The number of ether oxygens (including phenoxy) is 1. The van der Waals surface area contributed by atoms with Gasteiger partial charge in [-0.2, -0.15) is 0 Å². The molecule has 0 amide bonds. The summed E-state index contributed by atoms with van der Waals surface area (Å²) in [6.45, 7) is 3.89. The second kappa shape index (κ2) is 9.00. The predicted molar refractivity (Wildman–Crippen MR) is 71.0 cm³/mol. The van der Waals surface area contributed by atoms with Crippen LogP contribution in [0.4, 0.5) is 4.39 Å². The van der Waals surface area contributed by atoms with Crippen LogP contribution in [0.1, 0.15) is 44.3 Å². The topological polar surface area (TPSA) is 34.1 Å². The van der Waals surface area contributed by atoms with Gasteiger partial charge in [-0.15, -0.1) is 0 Å². The van der Waals surface area contributed by atoms with E-state index in [1.807, 2.05) is 0 Å². The molecule has 0 saturated heterocycles. The highest BCUT2D eigenvalue weighted by Gasteiger charge is 2.09. The molecule has 3 nitrogen and oxygen atoms in total. The molecule has 0 saturated carbocycles. The van der Waals surface area contributed by atoms with E-state index in [9.17, 15) is 4.39 Å². The van der Waals surface area contributed by atoms with Crippen LogP contribution >= 0.6 is 0 Å². The number of rotatable bonds is 9. The van der Waals surface area contributed by atoms with E-state index >= 15 is 0 Å². The van der Waals surface area contributed by atoms with E-state index in [0.29, 0.717) is 0 Å². The number of methoxy groups -OCH3 is 1. The fraction of sp³-hybridized carbons (Fsp3) is 0.643. The molecule has 0 bridgehead atoms. The van der Waals surface area contributed by atoms with Gasteiger partial charge >= 0.3 is 0 Å². The maximum absolute atomic E-state index is 12.8. The van der Waals surface area contributed by atoms with Gasteiger partial charge in [-0.3, -0.25) is 4.98 Å². The highest BCUT2D eigenvalue weighted by Crippen LogP contribution is 2.14. The van der Waals surface area contributed by atoms with Gasteiger partial charge in [-0.25, -0.2) is 4.39 Å². The zero-order valence-corrected chi connectivity index (χ0v) is 11.3. The maximum atomic E-state index is 12.8. The van der Waals surface area contributed by atoms with Gasteiger partial charge in [0.15, 0.2) is 0 Å². The summed E-state index contributed by atoms with van der Waals surface area (Å²) in [7, 11) is 1.73. The molecule has 1 N–H and O–H groups in total. The van der Waals surface area contributed by atoms with Crippen molar-refractivity contribution in [1.82, 2.24) is 10.3 Å². The standard InChI is InChI=1S/C14H23FN2O/c1-3-13(14-8-7-12(15)11-17-14)16-9-5-4-6-10-18-2/h7-8,11,13,16H,3-6,9-10H2,1-2H3. The van der Waals surface area contributed by atoms with E-state index in [1.165, 1.54) is 12.3 Å². The smallest absolute Gasteiger partial charge is 0.141 e. The Hall–Kier alpha value is -1.00. The van der Waals surface area contributed by atoms with Crippen molar-refractivity contribution in [3.8, 4) is 0 Å². The molecule has 0 spiro atoms. The molecule has 1 rings (SSSR count). The molecule has 0 aliphatic carbocycles. The van der Waals surface area contributed by atoms with Crippen molar-refractivity contribution in [2.45, 2.75) is 38.6 Å².